The van der Waals surface area contributed by atoms with Crippen molar-refractivity contribution in [3.05, 3.63) is 30.3 Å². The molecule has 2 aliphatic heterocycles. The average Bonchev–Trinajstić information content (AvgIpc) is 2.91. The van der Waals surface area contributed by atoms with E-state index in [4.69, 9.17) is 0 Å². The molecule has 0 spiro atoms. The maximum atomic E-state index is 12.8. The Morgan fingerprint density at radius 1 is 1.00 bits per heavy atom. The van der Waals surface area contributed by atoms with Gasteiger partial charge in [-0.2, -0.15) is 4.31 Å². The second-order valence-corrected chi connectivity index (χ2v) is 9.26. The quantitative estimate of drug-likeness (QED) is 0.853. The molecule has 2 heterocycles. The number of hydrazine groups is 1. The summed E-state index contributed by atoms with van der Waals surface area (Å²) < 4.78 is 27.1. The molecule has 7 heteroatoms. The monoisotopic (exact) mass is 379 g/mol. The first kappa shape index (κ1) is 19.3. The minimum absolute atomic E-state index is 0.0101. The number of nitrogens with one attached hydrogen (secondary N) is 1. The van der Waals surface area contributed by atoms with Crippen molar-refractivity contribution in [2.75, 3.05) is 26.2 Å². The number of benzene rings is 1. The molecule has 2 saturated heterocycles. The van der Waals surface area contributed by atoms with Crippen LogP contribution in [0.3, 0.4) is 0 Å². The van der Waals surface area contributed by atoms with Gasteiger partial charge in [0, 0.05) is 32.6 Å². The fraction of sp³-hybridized carbons (Fsp3) is 0.632. The molecule has 6 nitrogen and oxygen atoms in total. The van der Waals surface area contributed by atoms with Crippen LogP contribution in [0.5, 0.6) is 0 Å². The van der Waals surface area contributed by atoms with Crippen molar-refractivity contribution >= 4 is 15.9 Å². The fourth-order valence-corrected chi connectivity index (χ4v) is 5.40. The van der Waals surface area contributed by atoms with Crippen molar-refractivity contribution in [1.82, 2.24) is 14.7 Å². The number of hydrogen-bond acceptors (Lipinski definition) is 4. The molecule has 1 atom stereocenters. The summed E-state index contributed by atoms with van der Waals surface area (Å²) in [5, 5.41) is 2.02. The van der Waals surface area contributed by atoms with Crippen LogP contribution in [0.4, 0.5) is 0 Å². The van der Waals surface area contributed by atoms with E-state index in [-0.39, 0.29) is 11.8 Å². The topological polar surface area (TPSA) is 69.7 Å². The van der Waals surface area contributed by atoms with Gasteiger partial charge in [0.05, 0.1) is 4.90 Å². The molecule has 0 unspecified atom stereocenters. The summed E-state index contributed by atoms with van der Waals surface area (Å²) in [6, 6.07) is 8.55. The van der Waals surface area contributed by atoms with Crippen LogP contribution in [0.25, 0.3) is 0 Å². The van der Waals surface area contributed by atoms with E-state index in [9.17, 15) is 13.2 Å². The highest BCUT2D eigenvalue weighted by Crippen LogP contribution is 2.25. The van der Waals surface area contributed by atoms with Crippen molar-refractivity contribution in [2.45, 2.75) is 49.8 Å². The number of amides is 1. The lowest BCUT2D eigenvalue weighted by atomic mass is 9.96. The Morgan fingerprint density at radius 3 is 2.38 bits per heavy atom. The lowest BCUT2D eigenvalue weighted by Crippen LogP contribution is -2.45. The Labute approximate surface area is 156 Å². The van der Waals surface area contributed by atoms with Crippen LogP contribution in [-0.4, -0.2) is 49.8 Å². The van der Waals surface area contributed by atoms with Gasteiger partial charge in [-0.25, -0.2) is 13.4 Å². The van der Waals surface area contributed by atoms with Crippen LogP contribution in [0.1, 0.15) is 44.9 Å². The summed E-state index contributed by atoms with van der Waals surface area (Å²) in [7, 11) is -3.47. The Kier molecular flexibility index (Phi) is 6.67. The number of sulfonamides is 1. The molecule has 26 heavy (non-hydrogen) atoms. The number of rotatable bonds is 5. The Balaban J connectivity index is 1.55. The first-order valence-electron chi connectivity index (χ1n) is 9.65. The molecule has 3 rings (SSSR count). The number of carbonyl (C=O) groups excluding carboxylic acids is 1. The minimum Gasteiger partial charge on any atom is -0.289 e. The first-order valence-corrected chi connectivity index (χ1v) is 11.1. The van der Waals surface area contributed by atoms with Crippen LogP contribution in [0.15, 0.2) is 35.2 Å². The highest BCUT2D eigenvalue weighted by Gasteiger charge is 2.31. The molecule has 1 aromatic rings. The third-order valence-electron chi connectivity index (χ3n) is 5.23. The molecular formula is C19H29N3O3S. The van der Waals surface area contributed by atoms with Gasteiger partial charge in [0.2, 0.25) is 15.9 Å². The zero-order valence-corrected chi connectivity index (χ0v) is 16.1. The maximum Gasteiger partial charge on any atom is 0.243 e. The highest BCUT2D eigenvalue weighted by molar-refractivity contribution is 7.89. The summed E-state index contributed by atoms with van der Waals surface area (Å²) in [5.74, 6) is 0.0880. The molecule has 2 aliphatic rings. The van der Waals surface area contributed by atoms with Gasteiger partial charge in [-0.3, -0.25) is 10.2 Å². The molecule has 144 valence electrons. The number of nitrogens with zero attached hydrogens (tertiary/aromatic N) is 2. The van der Waals surface area contributed by atoms with Gasteiger partial charge in [-0.15, -0.1) is 0 Å². The van der Waals surface area contributed by atoms with Crippen LogP contribution >= 0.6 is 0 Å². The van der Waals surface area contributed by atoms with Gasteiger partial charge < -0.3 is 0 Å². The molecule has 0 radical (unpaired) electrons. The largest absolute Gasteiger partial charge is 0.289 e. The Bertz CT molecular complexity index is 685. The van der Waals surface area contributed by atoms with Crippen LogP contribution in [-0.2, 0) is 14.8 Å². The van der Waals surface area contributed by atoms with E-state index in [1.54, 1.807) is 24.3 Å². The summed E-state index contributed by atoms with van der Waals surface area (Å²) in [6.45, 7) is 2.77. The third-order valence-corrected chi connectivity index (χ3v) is 7.11. The van der Waals surface area contributed by atoms with Crippen molar-refractivity contribution in [3.8, 4) is 0 Å². The van der Waals surface area contributed by atoms with E-state index in [0.717, 1.165) is 38.8 Å². The molecule has 1 aromatic carbocycles. The number of carbonyl (C=O) groups is 1. The van der Waals surface area contributed by atoms with Gasteiger partial charge in [0.25, 0.3) is 0 Å². The zero-order chi connectivity index (χ0) is 18.4. The normalized spacial score (nSPS) is 23.3. The SMILES string of the molecule is O=C(C[C@@H]1CCCN(S(=O)(=O)c2ccccc2)C1)NN1CCCCCC1. The zero-order valence-electron chi connectivity index (χ0n) is 15.3. The number of hydrogen-bond donors (Lipinski definition) is 1. The van der Waals surface area contributed by atoms with Crippen LogP contribution < -0.4 is 5.43 Å². The molecule has 1 amide bonds. The third kappa shape index (κ3) is 5.05. The van der Waals surface area contributed by atoms with E-state index in [1.165, 1.54) is 17.1 Å². The van der Waals surface area contributed by atoms with Crippen molar-refractivity contribution in [2.24, 2.45) is 5.92 Å². The predicted octanol–water partition coefficient (Wildman–Crippen LogP) is 2.38. The summed E-state index contributed by atoms with van der Waals surface area (Å²) >= 11 is 0. The van der Waals surface area contributed by atoms with E-state index >= 15 is 0 Å². The second kappa shape index (κ2) is 8.97. The van der Waals surface area contributed by atoms with Crippen LogP contribution in [0, 0.1) is 5.92 Å². The van der Waals surface area contributed by atoms with Gasteiger partial charge >= 0.3 is 0 Å². The fourth-order valence-electron chi connectivity index (χ4n) is 3.82. The van der Waals surface area contributed by atoms with Gasteiger partial charge in [0.15, 0.2) is 0 Å². The molecule has 1 N–H and O–H groups in total. The van der Waals surface area contributed by atoms with Crippen molar-refractivity contribution in [3.63, 3.8) is 0 Å². The van der Waals surface area contributed by atoms with E-state index in [2.05, 4.69) is 5.43 Å². The summed E-state index contributed by atoms with van der Waals surface area (Å²) in [4.78, 5) is 12.7. The van der Waals surface area contributed by atoms with Gasteiger partial charge in [-0.05, 0) is 43.7 Å². The average molecular weight is 380 g/mol. The molecule has 0 aliphatic carbocycles. The molecule has 0 aromatic heterocycles. The van der Waals surface area contributed by atoms with E-state index in [1.807, 2.05) is 11.1 Å². The Morgan fingerprint density at radius 2 is 1.69 bits per heavy atom. The molecule has 0 saturated carbocycles. The lowest BCUT2D eigenvalue weighted by molar-refractivity contribution is -0.127. The Hall–Kier alpha value is -1.44. The van der Waals surface area contributed by atoms with Gasteiger partial charge in [0.1, 0.15) is 0 Å². The second-order valence-electron chi connectivity index (χ2n) is 7.32. The summed E-state index contributed by atoms with van der Waals surface area (Å²) in [6.07, 6.45) is 6.77. The maximum absolute atomic E-state index is 12.8. The van der Waals surface area contributed by atoms with Crippen LogP contribution in [0.2, 0.25) is 0 Å². The summed E-state index contributed by atoms with van der Waals surface area (Å²) in [5.41, 5.74) is 3.02. The van der Waals surface area contributed by atoms with Crippen molar-refractivity contribution < 1.29 is 13.2 Å². The van der Waals surface area contributed by atoms with Gasteiger partial charge in [-0.1, -0.05) is 31.0 Å². The smallest absolute Gasteiger partial charge is 0.243 e. The van der Waals surface area contributed by atoms with Crippen molar-refractivity contribution in [1.29, 1.82) is 0 Å². The molecule has 0 bridgehead atoms. The molecular weight excluding hydrogens is 350 g/mol. The minimum atomic E-state index is -3.47. The number of piperidine rings is 1. The van der Waals surface area contributed by atoms with E-state index < -0.39 is 10.0 Å². The lowest BCUT2D eigenvalue weighted by Gasteiger charge is -2.32. The molecule has 2 fully saturated rings. The first-order chi connectivity index (χ1) is 12.6. The highest BCUT2D eigenvalue weighted by atomic mass is 32.2. The predicted molar refractivity (Wildman–Crippen MR) is 101 cm³/mol. The standard InChI is InChI=1S/C19H29N3O3S/c23-19(20-21-12-6-1-2-7-13-21)15-17-9-8-14-22(16-17)26(24,25)18-10-4-3-5-11-18/h3-5,10-11,17H,1-2,6-9,12-16H2,(H,20,23)/t17-/m0/s1. The van der Waals surface area contributed by atoms with E-state index in [0.29, 0.717) is 24.4 Å².